The maximum Gasteiger partial charge on any atom is 0.224 e. The quantitative estimate of drug-likeness (QED) is 0.354. The molecule has 1 saturated heterocycles. The van der Waals surface area contributed by atoms with Gasteiger partial charge in [-0.05, 0) is 36.8 Å². The van der Waals surface area contributed by atoms with E-state index in [9.17, 15) is 9.18 Å². The number of rotatable bonds is 12. The van der Waals surface area contributed by atoms with E-state index in [-0.39, 0.29) is 11.7 Å². The first kappa shape index (κ1) is 26.8. The number of benzene rings is 2. The van der Waals surface area contributed by atoms with Crippen LogP contribution in [0.2, 0.25) is 0 Å². The van der Waals surface area contributed by atoms with Gasteiger partial charge in [-0.3, -0.25) is 4.79 Å². The van der Waals surface area contributed by atoms with Gasteiger partial charge in [0.05, 0.1) is 18.9 Å². The van der Waals surface area contributed by atoms with Crippen LogP contribution in [0.25, 0.3) is 0 Å². The summed E-state index contributed by atoms with van der Waals surface area (Å²) in [6.07, 6.45) is 0.927. The molecule has 3 aromatic rings. The van der Waals surface area contributed by atoms with Crippen molar-refractivity contribution in [2.75, 3.05) is 69.4 Å². The zero-order valence-corrected chi connectivity index (χ0v) is 22.3. The highest BCUT2D eigenvalue weighted by Crippen LogP contribution is 2.29. The third-order valence-corrected chi connectivity index (χ3v) is 7.12. The Bertz CT molecular complexity index is 1140. The molecule has 8 nitrogen and oxygen atoms in total. The van der Waals surface area contributed by atoms with Crippen LogP contribution < -0.4 is 14.5 Å². The molecule has 0 radical (unpaired) electrons. The molecular weight excluding hydrogens is 493 g/mol. The monoisotopic (exact) mass is 527 g/mol. The van der Waals surface area contributed by atoms with E-state index in [1.165, 1.54) is 23.7 Å². The van der Waals surface area contributed by atoms with Crippen LogP contribution >= 0.6 is 11.5 Å². The SMILES string of the molecule is CCOc1ccccc1N1CCN(C(=O)CCN(CCOC)c2nc(Cc3ccc(F)cc3)ns2)CC1. The molecule has 10 heteroatoms. The fourth-order valence-corrected chi connectivity index (χ4v) is 5.05. The lowest BCUT2D eigenvalue weighted by Gasteiger charge is -2.37. The fourth-order valence-electron chi connectivity index (χ4n) is 4.32. The second kappa shape index (κ2) is 13.3. The molecule has 0 spiro atoms. The fraction of sp³-hybridized carbons (Fsp3) is 0.444. The predicted octanol–water partition coefficient (Wildman–Crippen LogP) is 3.86. The summed E-state index contributed by atoms with van der Waals surface area (Å²) in [7, 11) is 1.66. The lowest BCUT2D eigenvalue weighted by atomic mass is 10.1. The van der Waals surface area contributed by atoms with Crippen molar-refractivity contribution in [1.29, 1.82) is 0 Å². The molecule has 2 heterocycles. The van der Waals surface area contributed by atoms with Crippen molar-refractivity contribution in [3.63, 3.8) is 0 Å². The second-order valence-corrected chi connectivity index (χ2v) is 9.53. The number of para-hydroxylation sites is 2. The molecule has 0 saturated carbocycles. The molecule has 198 valence electrons. The first-order valence-corrected chi connectivity index (χ1v) is 13.4. The van der Waals surface area contributed by atoms with Crippen molar-refractivity contribution in [1.82, 2.24) is 14.3 Å². The number of carbonyl (C=O) groups is 1. The van der Waals surface area contributed by atoms with Gasteiger partial charge in [0.1, 0.15) is 17.4 Å². The van der Waals surface area contributed by atoms with Crippen LogP contribution in [-0.2, 0) is 16.0 Å². The summed E-state index contributed by atoms with van der Waals surface area (Å²) in [5, 5.41) is 0.763. The van der Waals surface area contributed by atoms with Crippen molar-refractivity contribution in [3.05, 3.63) is 65.7 Å². The summed E-state index contributed by atoms with van der Waals surface area (Å²) in [6.45, 7) is 7.19. The number of halogens is 1. The van der Waals surface area contributed by atoms with Gasteiger partial charge in [0.25, 0.3) is 0 Å². The van der Waals surface area contributed by atoms with E-state index in [1.807, 2.05) is 30.0 Å². The number of methoxy groups -OCH3 is 1. The van der Waals surface area contributed by atoms with E-state index in [0.29, 0.717) is 58.1 Å². The Hall–Kier alpha value is -3.24. The van der Waals surface area contributed by atoms with Gasteiger partial charge in [-0.15, -0.1) is 0 Å². The van der Waals surface area contributed by atoms with Crippen LogP contribution in [0.4, 0.5) is 15.2 Å². The van der Waals surface area contributed by atoms with E-state index in [0.717, 1.165) is 35.2 Å². The highest BCUT2D eigenvalue weighted by atomic mass is 32.1. The topological polar surface area (TPSA) is 71.0 Å². The first-order valence-electron chi connectivity index (χ1n) is 12.6. The Kier molecular flexibility index (Phi) is 9.67. The summed E-state index contributed by atoms with van der Waals surface area (Å²) in [5.74, 6) is 1.44. The van der Waals surface area contributed by atoms with Crippen molar-refractivity contribution in [2.24, 2.45) is 0 Å². The highest BCUT2D eigenvalue weighted by molar-refractivity contribution is 7.09. The number of hydrogen-bond donors (Lipinski definition) is 0. The molecule has 1 aromatic heterocycles. The Morgan fingerprint density at radius 1 is 1.08 bits per heavy atom. The van der Waals surface area contributed by atoms with Crippen molar-refractivity contribution in [2.45, 2.75) is 19.8 Å². The number of piperazine rings is 1. The smallest absolute Gasteiger partial charge is 0.224 e. The largest absolute Gasteiger partial charge is 0.492 e. The number of amides is 1. The summed E-state index contributed by atoms with van der Waals surface area (Å²) < 4.78 is 28.7. The average Bonchev–Trinajstić information content (AvgIpc) is 3.39. The van der Waals surface area contributed by atoms with E-state index in [4.69, 9.17) is 9.47 Å². The maximum atomic E-state index is 13.2. The Morgan fingerprint density at radius 3 is 2.57 bits per heavy atom. The van der Waals surface area contributed by atoms with Gasteiger partial charge in [0.2, 0.25) is 11.0 Å². The number of carbonyl (C=O) groups excluding carboxylic acids is 1. The van der Waals surface area contributed by atoms with Gasteiger partial charge < -0.3 is 24.2 Å². The molecule has 4 rings (SSSR count). The average molecular weight is 528 g/mol. The molecule has 1 fully saturated rings. The number of hydrogen-bond acceptors (Lipinski definition) is 8. The molecular formula is C27H34FN5O3S. The van der Waals surface area contributed by atoms with E-state index < -0.39 is 0 Å². The maximum absolute atomic E-state index is 13.2. The van der Waals surface area contributed by atoms with Gasteiger partial charge in [-0.2, -0.15) is 4.37 Å². The molecule has 2 aromatic carbocycles. The molecule has 1 amide bonds. The number of anilines is 2. The molecule has 0 aliphatic carbocycles. The third-order valence-electron chi connectivity index (χ3n) is 6.30. The van der Waals surface area contributed by atoms with E-state index in [2.05, 4.69) is 25.2 Å². The van der Waals surface area contributed by atoms with Crippen LogP contribution in [0, 0.1) is 5.82 Å². The lowest BCUT2D eigenvalue weighted by molar-refractivity contribution is -0.131. The van der Waals surface area contributed by atoms with Crippen LogP contribution in [0.15, 0.2) is 48.5 Å². The molecule has 1 aliphatic heterocycles. The Labute approximate surface area is 221 Å². The summed E-state index contributed by atoms with van der Waals surface area (Å²) in [4.78, 5) is 24.0. The van der Waals surface area contributed by atoms with Gasteiger partial charge in [0.15, 0.2) is 0 Å². The van der Waals surface area contributed by atoms with E-state index >= 15 is 0 Å². The molecule has 0 atom stereocenters. The van der Waals surface area contributed by atoms with Gasteiger partial charge in [-0.25, -0.2) is 9.37 Å². The van der Waals surface area contributed by atoms with Crippen molar-refractivity contribution in [3.8, 4) is 5.75 Å². The summed E-state index contributed by atoms with van der Waals surface area (Å²) >= 11 is 1.31. The van der Waals surface area contributed by atoms with E-state index in [1.54, 1.807) is 19.2 Å². The van der Waals surface area contributed by atoms with Crippen molar-refractivity contribution >= 4 is 28.3 Å². The lowest BCUT2D eigenvalue weighted by Crippen LogP contribution is -2.49. The molecule has 0 unspecified atom stereocenters. The minimum absolute atomic E-state index is 0.135. The highest BCUT2D eigenvalue weighted by Gasteiger charge is 2.24. The van der Waals surface area contributed by atoms with Gasteiger partial charge >= 0.3 is 0 Å². The Balaban J connectivity index is 1.31. The molecule has 1 aliphatic rings. The minimum Gasteiger partial charge on any atom is -0.492 e. The number of ether oxygens (including phenoxy) is 2. The van der Waals surface area contributed by atoms with Gasteiger partial charge in [0, 0.05) is 70.8 Å². The van der Waals surface area contributed by atoms with Crippen LogP contribution in [0.3, 0.4) is 0 Å². The molecule has 37 heavy (non-hydrogen) atoms. The van der Waals surface area contributed by atoms with Gasteiger partial charge in [-0.1, -0.05) is 24.3 Å². The summed E-state index contributed by atoms with van der Waals surface area (Å²) in [5.41, 5.74) is 2.03. The third kappa shape index (κ3) is 7.39. The standard InChI is InChI=1S/C27H34FN5O3S/c1-3-36-24-7-5-4-6-23(24)31-14-16-32(17-15-31)26(34)12-13-33(18-19-35-2)27-29-25(30-37-27)20-21-8-10-22(28)11-9-21/h4-11H,3,12-20H2,1-2H3. The normalized spacial score (nSPS) is 13.6. The molecule has 0 bridgehead atoms. The zero-order chi connectivity index (χ0) is 26.0. The zero-order valence-electron chi connectivity index (χ0n) is 21.4. The second-order valence-electron chi connectivity index (χ2n) is 8.79. The summed E-state index contributed by atoms with van der Waals surface area (Å²) in [6, 6.07) is 14.4. The predicted molar refractivity (Wildman–Crippen MR) is 144 cm³/mol. The van der Waals surface area contributed by atoms with Crippen LogP contribution in [-0.4, -0.2) is 79.8 Å². The minimum atomic E-state index is -0.261. The van der Waals surface area contributed by atoms with Crippen molar-refractivity contribution < 1.29 is 18.7 Å². The Morgan fingerprint density at radius 2 is 1.84 bits per heavy atom. The molecule has 0 N–H and O–H groups in total. The number of aromatic nitrogens is 2. The van der Waals surface area contributed by atoms with Crippen LogP contribution in [0.1, 0.15) is 24.7 Å². The first-order chi connectivity index (χ1) is 18.1. The number of nitrogens with zero attached hydrogens (tertiary/aromatic N) is 5. The van der Waals surface area contributed by atoms with Crippen LogP contribution in [0.5, 0.6) is 5.75 Å².